The van der Waals surface area contributed by atoms with Crippen molar-refractivity contribution in [3.05, 3.63) is 93.8 Å². The van der Waals surface area contributed by atoms with Crippen molar-refractivity contribution in [3.63, 3.8) is 0 Å². The van der Waals surface area contributed by atoms with Crippen LogP contribution in [-0.2, 0) is 13.1 Å². The van der Waals surface area contributed by atoms with Gasteiger partial charge in [0.1, 0.15) is 0 Å². The fourth-order valence-electron chi connectivity index (χ4n) is 3.03. The molecule has 0 saturated heterocycles. The lowest BCUT2D eigenvalue weighted by Gasteiger charge is -2.10. The van der Waals surface area contributed by atoms with Crippen LogP contribution in [0, 0.1) is 0 Å². The average Bonchev–Trinajstić information content (AvgIpc) is 2.63. The van der Waals surface area contributed by atoms with Gasteiger partial charge in [-0.05, 0) is 35.0 Å². The van der Waals surface area contributed by atoms with Crippen molar-refractivity contribution in [3.8, 4) is 0 Å². The van der Waals surface area contributed by atoms with Gasteiger partial charge in [0.15, 0.2) is 0 Å². The normalized spacial score (nSPS) is 11.2. The summed E-state index contributed by atoms with van der Waals surface area (Å²) >= 11 is 0. The van der Waals surface area contributed by atoms with Crippen LogP contribution in [0.4, 0.5) is 0 Å². The summed E-state index contributed by atoms with van der Waals surface area (Å²) in [5.74, 6) is 0. The van der Waals surface area contributed by atoms with E-state index in [0.717, 1.165) is 10.8 Å². The molecule has 4 heteroatoms. The van der Waals surface area contributed by atoms with Gasteiger partial charge in [-0.15, -0.1) is 0 Å². The minimum Gasteiger partial charge on any atom is -0.313 e. The van der Waals surface area contributed by atoms with E-state index in [9.17, 15) is 9.59 Å². The van der Waals surface area contributed by atoms with Crippen LogP contribution in [0.1, 0.15) is 0 Å². The number of benzene rings is 2. The minimum atomic E-state index is -0.0260. The molecular formula is C20H16N2O2. The molecule has 4 rings (SSSR count). The molecule has 2 heterocycles. The van der Waals surface area contributed by atoms with E-state index in [2.05, 4.69) is 0 Å². The second-order valence-corrected chi connectivity index (χ2v) is 5.80. The van der Waals surface area contributed by atoms with Crippen LogP contribution in [0.5, 0.6) is 0 Å². The maximum absolute atomic E-state index is 12.5. The quantitative estimate of drug-likeness (QED) is 0.583. The fraction of sp³-hybridized carbons (Fsp3) is 0.100. The van der Waals surface area contributed by atoms with Gasteiger partial charge in [-0.1, -0.05) is 36.4 Å². The van der Waals surface area contributed by atoms with Crippen molar-refractivity contribution in [2.75, 3.05) is 0 Å². The van der Waals surface area contributed by atoms with Crippen LogP contribution < -0.4 is 11.1 Å². The number of aromatic nitrogens is 2. The van der Waals surface area contributed by atoms with E-state index in [1.807, 2.05) is 60.7 Å². The fourth-order valence-corrected chi connectivity index (χ4v) is 3.03. The van der Waals surface area contributed by atoms with Crippen molar-refractivity contribution >= 4 is 21.5 Å². The number of pyridine rings is 2. The summed E-state index contributed by atoms with van der Waals surface area (Å²) < 4.78 is 3.31. The largest absolute Gasteiger partial charge is 0.313 e. The van der Waals surface area contributed by atoms with Gasteiger partial charge in [0.2, 0.25) is 0 Å². The van der Waals surface area contributed by atoms with Gasteiger partial charge >= 0.3 is 0 Å². The van der Waals surface area contributed by atoms with Gasteiger partial charge in [0, 0.05) is 36.3 Å². The van der Waals surface area contributed by atoms with Crippen molar-refractivity contribution < 1.29 is 0 Å². The Labute approximate surface area is 138 Å². The lowest BCUT2D eigenvalue weighted by Crippen LogP contribution is -2.26. The summed E-state index contributed by atoms with van der Waals surface area (Å²) in [6.07, 6.45) is 3.58. The Kier molecular flexibility index (Phi) is 3.50. The molecule has 0 fully saturated rings. The van der Waals surface area contributed by atoms with Crippen molar-refractivity contribution in [2.45, 2.75) is 13.1 Å². The molecule has 4 nitrogen and oxygen atoms in total. The SMILES string of the molecule is O=c1c2ccccc2ccn1CCn1ccc2ccccc2c1=O. The van der Waals surface area contributed by atoms with Gasteiger partial charge < -0.3 is 9.13 Å². The van der Waals surface area contributed by atoms with Gasteiger partial charge in [-0.3, -0.25) is 9.59 Å². The molecule has 118 valence electrons. The third-order valence-electron chi connectivity index (χ3n) is 4.35. The Morgan fingerprint density at radius 1 is 0.583 bits per heavy atom. The summed E-state index contributed by atoms with van der Waals surface area (Å²) in [6.45, 7) is 0.920. The van der Waals surface area contributed by atoms with E-state index in [4.69, 9.17) is 0 Å². The Hall–Kier alpha value is -3.14. The Morgan fingerprint density at radius 3 is 1.46 bits per heavy atom. The number of hydrogen-bond acceptors (Lipinski definition) is 2. The highest BCUT2D eigenvalue weighted by Gasteiger charge is 2.05. The zero-order chi connectivity index (χ0) is 16.5. The molecule has 0 radical (unpaired) electrons. The molecule has 0 spiro atoms. The molecule has 0 atom stereocenters. The first-order valence-corrected chi connectivity index (χ1v) is 7.90. The van der Waals surface area contributed by atoms with Crippen LogP contribution in [0.25, 0.3) is 21.5 Å². The lowest BCUT2D eigenvalue weighted by atomic mass is 10.2. The third-order valence-corrected chi connectivity index (χ3v) is 4.35. The molecule has 0 amide bonds. The minimum absolute atomic E-state index is 0.0260. The zero-order valence-corrected chi connectivity index (χ0v) is 13.1. The highest BCUT2D eigenvalue weighted by molar-refractivity contribution is 5.81. The molecule has 0 saturated carbocycles. The number of fused-ring (bicyclic) bond motifs is 2. The van der Waals surface area contributed by atoms with E-state index in [1.165, 1.54) is 0 Å². The maximum Gasteiger partial charge on any atom is 0.258 e. The molecule has 0 aliphatic carbocycles. The molecule has 24 heavy (non-hydrogen) atoms. The summed E-state index contributed by atoms with van der Waals surface area (Å²) in [5, 5.41) is 3.26. The predicted molar refractivity (Wildman–Crippen MR) is 96.4 cm³/mol. The maximum atomic E-state index is 12.5. The van der Waals surface area contributed by atoms with Crippen LogP contribution in [0.2, 0.25) is 0 Å². The van der Waals surface area contributed by atoms with Crippen molar-refractivity contribution in [1.29, 1.82) is 0 Å². The third kappa shape index (κ3) is 2.42. The summed E-state index contributed by atoms with van der Waals surface area (Å²) in [6, 6.07) is 18.9. The number of hydrogen-bond donors (Lipinski definition) is 0. The van der Waals surface area contributed by atoms with Crippen LogP contribution in [0.3, 0.4) is 0 Å². The molecule has 2 aromatic carbocycles. The zero-order valence-electron chi connectivity index (χ0n) is 13.1. The smallest absolute Gasteiger partial charge is 0.258 e. The van der Waals surface area contributed by atoms with Crippen molar-refractivity contribution in [1.82, 2.24) is 9.13 Å². The second kappa shape index (κ2) is 5.81. The molecule has 2 aromatic heterocycles. The van der Waals surface area contributed by atoms with E-state index in [0.29, 0.717) is 23.9 Å². The molecule has 4 aromatic rings. The first-order valence-electron chi connectivity index (χ1n) is 7.90. The van der Waals surface area contributed by atoms with E-state index >= 15 is 0 Å². The summed E-state index contributed by atoms with van der Waals surface area (Å²) in [4.78, 5) is 25.0. The summed E-state index contributed by atoms with van der Waals surface area (Å²) in [5.41, 5.74) is -0.0520. The summed E-state index contributed by atoms with van der Waals surface area (Å²) in [7, 11) is 0. The van der Waals surface area contributed by atoms with Gasteiger partial charge in [-0.2, -0.15) is 0 Å². The van der Waals surface area contributed by atoms with E-state index in [-0.39, 0.29) is 11.1 Å². The topological polar surface area (TPSA) is 44.0 Å². The second-order valence-electron chi connectivity index (χ2n) is 5.80. The van der Waals surface area contributed by atoms with Gasteiger partial charge in [0.25, 0.3) is 11.1 Å². The molecule has 0 N–H and O–H groups in total. The molecule has 0 unspecified atom stereocenters. The Balaban J connectivity index is 1.68. The first kappa shape index (κ1) is 14.5. The van der Waals surface area contributed by atoms with Gasteiger partial charge in [-0.25, -0.2) is 0 Å². The van der Waals surface area contributed by atoms with Crippen LogP contribution in [0.15, 0.2) is 82.6 Å². The number of nitrogens with zero attached hydrogens (tertiary/aromatic N) is 2. The standard InChI is InChI=1S/C20H16N2O2/c23-19-17-7-3-1-5-15(17)9-11-21(19)13-14-22-12-10-16-6-2-4-8-18(16)20(22)24/h1-12H,13-14H2. The molecule has 0 bridgehead atoms. The first-order chi connectivity index (χ1) is 11.7. The van der Waals surface area contributed by atoms with Crippen LogP contribution >= 0.6 is 0 Å². The van der Waals surface area contributed by atoms with E-state index in [1.54, 1.807) is 21.5 Å². The van der Waals surface area contributed by atoms with Crippen LogP contribution in [-0.4, -0.2) is 9.13 Å². The number of aryl methyl sites for hydroxylation is 2. The van der Waals surface area contributed by atoms with Gasteiger partial charge in [0.05, 0.1) is 0 Å². The molecule has 0 aliphatic rings. The predicted octanol–water partition coefficient (Wildman–Crippen LogP) is 3.02. The van der Waals surface area contributed by atoms with E-state index < -0.39 is 0 Å². The monoisotopic (exact) mass is 316 g/mol. The highest BCUT2D eigenvalue weighted by atomic mass is 16.1. The number of rotatable bonds is 3. The van der Waals surface area contributed by atoms with Crippen molar-refractivity contribution in [2.24, 2.45) is 0 Å². The highest BCUT2D eigenvalue weighted by Crippen LogP contribution is 2.09. The molecular weight excluding hydrogens is 300 g/mol. The Bertz CT molecular complexity index is 1060. The lowest BCUT2D eigenvalue weighted by molar-refractivity contribution is 0.558. The molecule has 0 aliphatic heterocycles. The average molecular weight is 316 g/mol. The Morgan fingerprint density at radius 2 is 1.00 bits per heavy atom.